The predicted molar refractivity (Wildman–Crippen MR) is 81.1 cm³/mol. The molecule has 1 aliphatic carbocycles. The Morgan fingerprint density at radius 2 is 1.89 bits per heavy atom. The van der Waals surface area contributed by atoms with Crippen molar-refractivity contribution in [3.05, 3.63) is 0 Å². The third kappa shape index (κ3) is 6.19. The lowest BCUT2D eigenvalue weighted by atomic mass is 9.84. The van der Waals surface area contributed by atoms with E-state index in [1.165, 1.54) is 64.7 Å². The van der Waals surface area contributed by atoms with Crippen LogP contribution >= 0.6 is 0 Å². The second-order valence-electron chi connectivity index (χ2n) is 6.44. The second kappa shape index (κ2) is 8.16. The molecule has 0 aliphatic heterocycles. The van der Waals surface area contributed by atoms with Crippen molar-refractivity contribution in [1.82, 2.24) is 10.2 Å². The Kier molecular flexibility index (Phi) is 7.25. The van der Waals surface area contributed by atoms with Crippen molar-refractivity contribution in [3.63, 3.8) is 0 Å². The Hall–Kier alpha value is -0.0800. The van der Waals surface area contributed by atoms with Gasteiger partial charge in [-0.25, -0.2) is 0 Å². The molecule has 0 aromatic carbocycles. The van der Waals surface area contributed by atoms with Crippen LogP contribution in [0.3, 0.4) is 0 Å². The van der Waals surface area contributed by atoms with Crippen molar-refractivity contribution in [2.45, 2.75) is 72.3 Å². The summed E-state index contributed by atoms with van der Waals surface area (Å²) in [6, 6.07) is 0.840. The topological polar surface area (TPSA) is 15.3 Å². The maximum Gasteiger partial charge on any atom is 0.00684 e. The number of nitrogens with one attached hydrogen (secondary N) is 1. The quantitative estimate of drug-likeness (QED) is 0.605. The van der Waals surface area contributed by atoms with E-state index in [1.807, 2.05) is 0 Å². The van der Waals surface area contributed by atoms with Crippen molar-refractivity contribution >= 4 is 0 Å². The first-order valence-electron chi connectivity index (χ1n) is 8.09. The lowest BCUT2D eigenvalue weighted by Gasteiger charge is -2.35. The Balaban J connectivity index is 2.40. The summed E-state index contributed by atoms with van der Waals surface area (Å²) in [6.07, 6.45) is 8.09. The van der Waals surface area contributed by atoms with Crippen LogP contribution in [0.2, 0.25) is 0 Å². The first-order valence-corrected chi connectivity index (χ1v) is 8.09. The Labute approximate surface area is 115 Å². The van der Waals surface area contributed by atoms with Crippen molar-refractivity contribution in [1.29, 1.82) is 0 Å². The highest BCUT2D eigenvalue weighted by atomic mass is 15.1. The molecule has 0 heterocycles. The van der Waals surface area contributed by atoms with Gasteiger partial charge in [-0.05, 0) is 44.2 Å². The first-order chi connectivity index (χ1) is 8.63. The predicted octanol–water partition coefficient (Wildman–Crippen LogP) is 3.67. The van der Waals surface area contributed by atoms with Crippen molar-refractivity contribution in [3.8, 4) is 0 Å². The zero-order valence-corrected chi connectivity index (χ0v) is 13.1. The average Bonchev–Trinajstić information content (AvgIpc) is 3.16. The highest BCUT2D eigenvalue weighted by molar-refractivity contribution is 4.87. The molecule has 1 saturated carbocycles. The number of hydrogen-bond acceptors (Lipinski definition) is 2. The summed E-state index contributed by atoms with van der Waals surface area (Å²) in [5.74, 6) is 0. The van der Waals surface area contributed by atoms with Crippen LogP contribution in [-0.4, -0.2) is 37.1 Å². The first kappa shape index (κ1) is 16.0. The van der Waals surface area contributed by atoms with Gasteiger partial charge in [0.2, 0.25) is 0 Å². The van der Waals surface area contributed by atoms with Gasteiger partial charge in [-0.3, -0.25) is 0 Å². The number of nitrogens with zero attached hydrogens (tertiary/aromatic N) is 1. The molecule has 0 bridgehead atoms. The van der Waals surface area contributed by atoms with Crippen LogP contribution in [0, 0.1) is 5.41 Å². The van der Waals surface area contributed by atoms with E-state index in [2.05, 4.69) is 37.9 Å². The molecular weight excluding hydrogens is 220 g/mol. The summed E-state index contributed by atoms with van der Waals surface area (Å²) in [5, 5.41) is 3.74. The smallest absolute Gasteiger partial charge is 0.00684 e. The van der Waals surface area contributed by atoms with Gasteiger partial charge in [0, 0.05) is 19.1 Å². The van der Waals surface area contributed by atoms with Gasteiger partial charge in [-0.15, -0.1) is 0 Å². The van der Waals surface area contributed by atoms with Crippen LogP contribution in [-0.2, 0) is 0 Å². The molecule has 0 aromatic heterocycles. The number of rotatable bonds is 11. The second-order valence-corrected chi connectivity index (χ2v) is 6.44. The molecule has 1 aliphatic rings. The average molecular weight is 254 g/mol. The van der Waals surface area contributed by atoms with E-state index in [-0.39, 0.29) is 0 Å². The minimum Gasteiger partial charge on any atom is -0.313 e. The molecule has 1 N–H and O–H groups in total. The van der Waals surface area contributed by atoms with E-state index in [0.717, 1.165) is 6.04 Å². The van der Waals surface area contributed by atoms with E-state index in [1.54, 1.807) is 0 Å². The van der Waals surface area contributed by atoms with Crippen LogP contribution in [0.5, 0.6) is 0 Å². The molecule has 1 fully saturated rings. The summed E-state index contributed by atoms with van der Waals surface area (Å²) >= 11 is 0. The van der Waals surface area contributed by atoms with Gasteiger partial charge < -0.3 is 10.2 Å². The van der Waals surface area contributed by atoms with Gasteiger partial charge in [-0.1, -0.05) is 40.5 Å². The van der Waals surface area contributed by atoms with Crippen LogP contribution < -0.4 is 5.32 Å². The molecule has 0 aromatic rings. The van der Waals surface area contributed by atoms with Crippen LogP contribution in [0.25, 0.3) is 0 Å². The SMILES string of the molecule is CCCCN(CC)CC(C)(CCC)CNC1CC1. The fourth-order valence-corrected chi connectivity index (χ4v) is 2.78. The molecule has 0 spiro atoms. The summed E-state index contributed by atoms with van der Waals surface area (Å²) in [5.41, 5.74) is 0.459. The molecule has 1 rings (SSSR count). The summed E-state index contributed by atoms with van der Waals surface area (Å²) < 4.78 is 0. The van der Waals surface area contributed by atoms with Crippen LogP contribution in [0.4, 0.5) is 0 Å². The van der Waals surface area contributed by atoms with Gasteiger partial charge in [0.15, 0.2) is 0 Å². The van der Waals surface area contributed by atoms with Gasteiger partial charge in [0.25, 0.3) is 0 Å². The Bertz CT molecular complexity index is 213. The van der Waals surface area contributed by atoms with Crippen molar-refractivity contribution in [2.24, 2.45) is 5.41 Å². The summed E-state index contributed by atoms with van der Waals surface area (Å²) in [6.45, 7) is 14.3. The van der Waals surface area contributed by atoms with Gasteiger partial charge in [0.1, 0.15) is 0 Å². The lowest BCUT2D eigenvalue weighted by Crippen LogP contribution is -2.43. The van der Waals surface area contributed by atoms with E-state index in [0.29, 0.717) is 5.41 Å². The number of unbranched alkanes of at least 4 members (excludes halogenated alkanes) is 1. The number of hydrogen-bond donors (Lipinski definition) is 1. The molecule has 18 heavy (non-hydrogen) atoms. The van der Waals surface area contributed by atoms with Crippen molar-refractivity contribution < 1.29 is 0 Å². The largest absolute Gasteiger partial charge is 0.313 e. The maximum atomic E-state index is 3.74. The zero-order chi connectivity index (χ0) is 13.4. The highest BCUT2D eigenvalue weighted by Crippen LogP contribution is 2.27. The summed E-state index contributed by atoms with van der Waals surface area (Å²) in [4.78, 5) is 2.65. The lowest BCUT2D eigenvalue weighted by molar-refractivity contribution is 0.152. The Morgan fingerprint density at radius 3 is 2.39 bits per heavy atom. The molecule has 2 heteroatoms. The van der Waals surface area contributed by atoms with Crippen LogP contribution in [0.15, 0.2) is 0 Å². The zero-order valence-electron chi connectivity index (χ0n) is 13.1. The fraction of sp³-hybridized carbons (Fsp3) is 1.00. The molecule has 0 saturated heterocycles. The Morgan fingerprint density at radius 1 is 1.17 bits per heavy atom. The van der Waals surface area contributed by atoms with E-state index >= 15 is 0 Å². The van der Waals surface area contributed by atoms with Gasteiger partial charge >= 0.3 is 0 Å². The molecule has 0 amide bonds. The minimum atomic E-state index is 0.459. The van der Waals surface area contributed by atoms with Gasteiger partial charge in [-0.2, -0.15) is 0 Å². The molecule has 1 unspecified atom stereocenters. The molecule has 108 valence electrons. The highest BCUT2D eigenvalue weighted by Gasteiger charge is 2.29. The molecule has 2 nitrogen and oxygen atoms in total. The maximum absolute atomic E-state index is 3.74. The third-order valence-corrected chi connectivity index (χ3v) is 4.13. The third-order valence-electron chi connectivity index (χ3n) is 4.13. The molecule has 0 radical (unpaired) electrons. The summed E-state index contributed by atoms with van der Waals surface area (Å²) in [7, 11) is 0. The monoisotopic (exact) mass is 254 g/mol. The minimum absolute atomic E-state index is 0.459. The van der Waals surface area contributed by atoms with Crippen LogP contribution in [0.1, 0.15) is 66.2 Å². The van der Waals surface area contributed by atoms with E-state index in [9.17, 15) is 0 Å². The fourth-order valence-electron chi connectivity index (χ4n) is 2.78. The van der Waals surface area contributed by atoms with Crippen molar-refractivity contribution in [2.75, 3.05) is 26.2 Å². The van der Waals surface area contributed by atoms with E-state index in [4.69, 9.17) is 0 Å². The standard InChI is InChI=1S/C16H34N2/c1-5-8-12-18(7-3)14-16(4,11-6-2)13-17-15-9-10-15/h15,17H,5-14H2,1-4H3. The van der Waals surface area contributed by atoms with Gasteiger partial charge in [0.05, 0.1) is 0 Å². The normalized spacial score (nSPS) is 19.2. The van der Waals surface area contributed by atoms with E-state index < -0.39 is 0 Å². The molecular formula is C16H34N2. The molecule has 1 atom stereocenters.